The Hall–Kier alpha value is -0.680. The zero-order valence-corrected chi connectivity index (χ0v) is 9.99. The van der Waals surface area contributed by atoms with Gasteiger partial charge in [-0.2, -0.15) is 16.9 Å². The van der Waals surface area contributed by atoms with Crippen LogP contribution >= 0.6 is 23.4 Å². The van der Waals surface area contributed by atoms with E-state index >= 15 is 0 Å². The number of carbonyl (C=O) groups excluding carboxylic acids is 1. The maximum atomic E-state index is 11.2. The summed E-state index contributed by atoms with van der Waals surface area (Å²) >= 11 is 7.32. The third-order valence-corrected chi connectivity index (χ3v) is 3.57. The quantitative estimate of drug-likeness (QED) is 0.801. The second-order valence-electron chi connectivity index (χ2n) is 3.38. The van der Waals surface area contributed by atoms with Crippen LogP contribution in [0.3, 0.4) is 0 Å². The Labute approximate surface area is 97.4 Å². The second-order valence-corrected chi connectivity index (χ2v) is 4.75. The Morgan fingerprint density at radius 1 is 1.73 bits per heavy atom. The summed E-state index contributed by atoms with van der Waals surface area (Å²) in [4.78, 5) is 11.2. The van der Waals surface area contributed by atoms with Gasteiger partial charge in [0, 0.05) is 24.8 Å². The number of fused-ring (bicyclic) bond motifs is 1. The summed E-state index contributed by atoms with van der Waals surface area (Å²) in [6.07, 6.45) is 0.977. The average molecular weight is 246 g/mol. The SMILES string of the molecule is Cn1nc2c(c1NC(=O)CCl)CSCC2. The molecule has 1 aromatic rings. The summed E-state index contributed by atoms with van der Waals surface area (Å²) in [7, 11) is 1.84. The van der Waals surface area contributed by atoms with Crippen molar-refractivity contribution in [3.05, 3.63) is 11.3 Å². The molecule has 0 aromatic carbocycles. The van der Waals surface area contributed by atoms with Gasteiger partial charge in [-0.25, -0.2) is 0 Å². The topological polar surface area (TPSA) is 46.9 Å². The third-order valence-electron chi connectivity index (χ3n) is 2.34. The van der Waals surface area contributed by atoms with Crippen molar-refractivity contribution in [3.8, 4) is 0 Å². The molecule has 1 aliphatic heterocycles. The number of nitrogens with zero attached hydrogens (tertiary/aromatic N) is 2. The summed E-state index contributed by atoms with van der Waals surface area (Å²) in [5.74, 6) is 2.61. The maximum Gasteiger partial charge on any atom is 0.240 e. The smallest absolute Gasteiger partial charge is 0.240 e. The van der Waals surface area contributed by atoms with Crippen LogP contribution in [0.15, 0.2) is 0 Å². The molecule has 1 aliphatic rings. The molecule has 0 bridgehead atoms. The van der Waals surface area contributed by atoms with Gasteiger partial charge in [0.1, 0.15) is 11.7 Å². The fourth-order valence-corrected chi connectivity index (χ4v) is 2.70. The van der Waals surface area contributed by atoms with Gasteiger partial charge in [0.25, 0.3) is 0 Å². The normalized spacial score (nSPS) is 14.8. The van der Waals surface area contributed by atoms with Gasteiger partial charge >= 0.3 is 0 Å². The van der Waals surface area contributed by atoms with E-state index in [0.29, 0.717) is 0 Å². The van der Waals surface area contributed by atoms with Gasteiger partial charge in [0.15, 0.2) is 0 Å². The molecule has 1 aromatic heterocycles. The van der Waals surface area contributed by atoms with Gasteiger partial charge in [0.05, 0.1) is 5.69 Å². The number of nitrogens with one attached hydrogen (secondary N) is 1. The molecule has 1 amide bonds. The summed E-state index contributed by atoms with van der Waals surface area (Å²) in [6, 6.07) is 0. The van der Waals surface area contributed by atoms with Crippen LogP contribution in [0.5, 0.6) is 0 Å². The lowest BCUT2D eigenvalue weighted by Gasteiger charge is -2.11. The standard InChI is InChI=1S/C9H12ClN3OS/c1-13-9(11-8(14)4-10)6-5-15-3-2-7(6)12-13/h2-5H2,1H3,(H,11,14). The van der Waals surface area contributed by atoms with E-state index in [1.54, 1.807) is 4.68 Å². The van der Waals surface area contributed by atoms with Gasteiger partial charge < -0.3 is 5.32 Å². The molecule has 1 N–H and O–H groups in total. The van der Waals surface area contributed by atoms with E-state index in [1.165, 1.54) is 0 Å². The number of carbonyl (C=O) groups is 1. The number of amides is 1. The van der Waals surface area contributed by atoms with Crippen LogP contribution < -0.4 is 5.32 Å². The molecule has 0 aliphatic carbocycles. The lowest BCUT2D eigenvalue weighted by molar-refractivity contribution is -0.114. The molecule has 0 spiro atoms. The molecule has 82 valence electrons. The number of hydrogen-bond acceptors (Lipinski definition) is 3. The Morgan fingerprint density at radius 3 is 3.27 bits per heavy atom. The highest BCUT2D eigenvalue weighted by Crippen LogP contribution is 2.29. The van der Waals surface area contributed by atoms with E-state index in [-0.39, 0.29) is 11.8 Å². The first-order chi connectivity index (χ1) is 7.22. The van der Waals surface area contributed by atoms with E-state index < -0.39 is 0 Å². The largest absolute Gasteiger partial charge is 0.310 e. The molecule has 0 saturated carbocycles. The number of hydrogen-bond donors (Lipinski definition) is 1. The van der Waals surface area contributed by atoms with Crippen LogP contribution in [0.1, 0.15) is 11.3 Å². The van der Waals surface area contributed by atoms with Crippen molar-refractivity contribution in [1.29, 1.82) is 0 Å². The molecule has 0 atom stereocenters. The van der Waals surface area contributed by atoms with Crippen molar-refractivity contribution in [2.24, 2.45) is 7.05 Å². The molecule has 0 unspecified atom stereocenters. The Balaban J connectivity index is 2.29. The van der Waals surface area contributed by atoms with Crippen LogP contribution in [-0.4, -0.2) is 27.3 Å². The Morgan fingerprint density at radius 2 is 2.53 bits per heavy atom. The Kier molecular flexibility index (Phi) is 3.21. The van der Waals surface area contributed by atoms with Crippen molar-refractivity contribution >= 4 is 35.1 Å². The molecule has 2 rings (SSSR count). The van der Waals surface area contributed by atoms with E-state index in [2.05, 4.69) is 10.4 Å². The van der Waals surface area contributed by atoms with Crippen molar-refractivity contribution < 1.29 is 4.79 Å². The maximum absolute atomic E-state index is 11.2. The van der Waals surface area contributed by atoms with Crippen molar-refractivity contribution in [1.82, 2.24) is 9.78 Å². The van der Waals surface area contributed by atoms with Crippen LogP contribution in [0.25, 0.3) is 0 Å². The summed E-state index contributed by atoms with van der Waals surface area (Å²) in [6.45, 7) is 0. The number of thioether (sulfide) groups is 1. The summed E-state index contributed by atoms with van der Waals surface area (Å²) < 4.78 is 1.72. The number of aryl methyl sites for hydroxylation is 2. The van der Waals surface area contributed by atoms with Gasteiger partial charge in [-0.15, -0.1) is 11.6 Å². The lowest BCUT2D eigenvalue weighted by Crippen LogP contribution is -2.16. The number of halogens is 1. The predicted octanol–water partition coefficient (Wildman–Crippen LogP) is 1.39. The van der Waals surface area contributed by atoms with Gasteiger partial charge in [-0.05, 0) is 5.75 Å². The zero-order chi connectivity index (χ0) is 10.8. The minimum Gasteiger partial charge on any atom is -0.310 e. The number of aromatic nitrogens is 2. The van der Waals surface area contributed by atoms with E-state index in [4.69, 9.17) is 11.6 Å². The lowest BCUT2D eigenvalue weighted by atomic mass is 10.2. The van der Waals surface area contributed by atoms with Crippen LogP contribution in [0.2, 0.25) is 0 Å². The number of rotatable bonds is 2. The highest BCUT2D eigenvalue weighted by atomic mass is 35.5. The first-order valence-electron chi connectivity index (χ1n) is 4.70. The number of alkyl halides is 1. The summed E-state index contributed by atoms with van der Waals surface area (Å²) in [5, 5.41) is 7.17. The molecule has 2 heterocycles. The minimum atomic E-state index is -0.182. The Bertz CT molecular complexity index is 391. The molecule has 0 radical (unpaired) electrons. The minimum absolute atomic E-state index is 0.0207. The summed E-state index contributed by atoms with van der Waals surface area (Å²) in [5.41, 5.74) is 2.24. The second kappa shape index (κ2) is 4.45. The van der Waals surface area contributed by atoms with Crippen molar-refractivity contribution in [2.75, 3.05) is 16.9 Å². The fourth-order valence-electron chi connectivity index (χ4n) is 1.64. The number of anilines is 1. The highest BCUT2D eigenvalue weighted by molar-refractivity contribution is 7.98. The molecule has 0 saturated heterocycles. The molecular formula is C9H12ClN3OS. The first-order valence-corrected chi connectivity index (χ1v) is 6.39. The van der Waals surface area contributed by atoms with E-state index in [1.807, 2.05) is 18.8 Å². The predicted molar refractivity (Wildman–Crippen MR) is 62.4 cm³/mol. The molecule has 15 heavy (non-hydrogen) atoms. The van der Waals surface area contributed by atoms with E-state index in [9.17, 15) is 4.79 Å². The molecule has 4 nitrogen and oxygen atoms in total. The van der Waals surface area contributed by atoms with Crippen molar-refractivity contribution in [2.45, 2.75) is 12.2 Å². The fraction of sp³-hybridized carbons (Fsp3) is 0.556. The van der Waals surface area contributed by atoms with E-state index in [0.717, 1.165) is 35.0 Å². The van der Waals surface area contributed by atoms with Gasteiger partial charge in [-0.3, -0.25) is 9.48 Å². The molecular weight excluding hydrogens is 234 g/mol. The third kappa shape index (κ3) is 2.13. The van der Waals surface area contributed by atoms with Crippen LogP contribution in [0, 0.1) is 0 Å². The van der Waals surface area contributed by atoms with Crippen molar-refractivity contribution in [3.63, 3.8) is 0 Å². The highest BCUT2D eigenvalue weighted by Gasteiger charge is 2.20. The average Bonchev–Trinajstić information content (AvgIpc) is 2.55. The zero-order valence-electron chi connectivity index (χ0n) is 8.42. The van der Waals surface area contributed by atoms with Crippen LogP contribution in [0.4, 0.5) is 5.82 Å². The van der Waals surface area contributed by atoms with Gasteiger partial charge in [-0.1, -0.05) is 0 Å². The monoisotopic (exact) mass is 245 g/mol. The first kappa shape index (κ1) is 10.8. The van der Waals surface area contributed by atoms with Crippen LogP contribution in [-0.2, 0) is 24.0 Å². The molecule has 0 fully saturated rings. The molecule has 6 heteroatoms. The van der Waals surface area contributed by atoms with Gasteiger partial charge in [0.2, 0.25) is 5.91 Å².